The lowest BCUT2D eigenvalue weighted by molar-refractivity contribution is -0.249. The second kappa shape index (κ2) is 12.0. The number of hydrogen-bond acceptors (Lipinski definition) is 5. The predicted molar refractivity (Wildman–Crippen MR) is 200 cm³/mol. The number of ether oxygens (including phenoxy) is 1. The molecule has 0 aromatic carbocycles. The molecule has 0 spiro atoms. The summed E-state index contributed by atoms with van der Waals surface area (Å²) in [6, 6.07) is 4.00. The minimum Gasteiger partial charge on any atom is -0.462 e. The van der Waals surface area contributed by atoms with Gasteiger partial charge in [-0.1, -0.05) is 46.8 Å². The number of rotatable bonds is 5. The Morgan fingerprint density at radius 1 is 0.882 bits per heavy atom. The van der Waals surface area contributed by atoms with Gasteiger partial charge in [0.1, 0.15) is 11.9 Å². The lowest BCUT2D eigenvalue weighted by Gasteiger charge is -2.73. The number of carbonyl (C=O) groups is 2. The van der Waals surface area contributed by atoms with Crippen LogP contribution in [0.2, 0.25) is 0 Å². The average molecular weight is 695 g/mol. The summed E-state index contributed by atoms with van der Waals surface area (Å²) in [5.41, 5.74) is 3.55. The summed E-state index contributed by atoms with van der Waals surface area (Å²) in [6.45, 7) is 21.9. The third-order valence-corrected chi connectivity index (χ3v) is 17.2. The van der Waals surface area contributed by atoms with Crippen molar-refractivity contribution in [1.29, 1.82) is 0 Å². The Morgan fingerprint density at radius 2 is 1.65 bits per heavy atom. The van der Waals surface area contributed by atoms with Crippen LogP contribution in [0, 0.1) is 56.7 Å². The molecule has 7 heteroatoms. The molecule has 1 aliphatic heterocycles. The van der Waals surface area contributed by atoms with Crippen LogP contribution in [0.1, 0.15) is 137 Å². The van der Waals surface area contributed by atoms with Crippen LogP contribution in [-0.2, 0) is 14.3 Å². The Bertz CT molecular complexity index is 1700. The maximum atomic E-state index is 15.4. The molecule has 3 heterocycles. The maximum Gasteiger partial charge on any atom is 0.302 e. The molecule has 5 aliphatic carbocycles. The number of amides is 1. The summed E-state index contributed by atoms with van der Waals surface area (Å²) in [7, 11) is 0. The first-order valence-corrected chi connectivity index (χ1v) is 20.3. The molecule has 6 aliphatic rings. The summed E-state index contributed by atoms with van der Waals surface area (Å²) in [5.74, 6) is 3.58. The number of allylic oxidation sites excluding steroid dienone is 1. The van der Waals surface area contributed by atoms with Crippen molar-refractivity contribution in [2.24, 2.45) is 56.7 Å². The SMILES string of the molecule is C=C(C)[C@@H]1CC[C@]2(C(=O)N3CCCC3c3ncc(-c4ccncc4)[nH]3)CC[C@]3(C)[C@H](CCC4[C@@]5(C)CC[C@H](OC(C)=O)C(C)(C)C5CC[C@]43C)C12. The predicted octanol–water partition coefficient (Wildman–Crippen LogP) is 9.72. The molecule has 0 bridgehead atoms. The Labute approximate surface area is 306 Å². The number of fused-ring (bicyclic) bond motifs is 7. The molecule has 1 saturated heterocycles. The first kappa shape index (κ1) is 35.1. The number of esters is 1. The fourth-order valence-corrected chi connectivity index (χ4v) is 14.7. The molecule has 5 saturated carbocycles. The lowest BCUT2D eigenvalue weighted by atomic mass is 9.32. The zero-order chi connectivity index (χ0) is 36.1. The number of hydrogen-bond donors (Lipinski definition) is 1. The summed E-state index contributed by atoms with van der Waals surface area (Å²) < 4.78 is 5.99. The fourth-order valence-electron chi connectivity index (χ4n) is 14.7. The zero-order valence-corrected chi connectivity index (χ0v) is 32.4. The number of aromatic amines is 1. The van der Waals surface area contributed by atoms with Crippen LogP contribution >= 0.6 is 0 Å². The van der Waals surface area contributed by atoms with E-state index >= 15 is 4.79 Å². The summed E-state index contributed by atoms with van der Waals surface area (Å²) in [6.07, 6.45) is 18.6. The molecule has 2 aromatic heterocycles. The highest BCUT2D eigenvalue weighted by Gasteiger charge is 2.72. The number of H-pyrrole nitrogens is 1. The molecular formula is C44H62N4O3. The second-order valence-corrected chi connectivity index (χ2v) is 19.4. The molecule has 2 aromatic rings. The van der Waals surface area contributed by atoms with Gasteiger partial charge in [-0.3, -0.25) is 14.6 Å². The van der Waals surface area contributed by atoms with Gasteiger partial charge in [0.15, 0.2) is 0 Å². The highest BCUT2D eigenvalue weighted by atomic mass is 16.5. The van der Waals surface area contributed by atoms with Crippen molar-refractivity contribution in [2.75, 3.05) is 6.54 Å². The highest BCUT2D eigenvalue weighted by Crippen LogP contribution is 2.78. The van der Waals surface area contributed by atoms with E-state index in [1.54, 1.807) is 6.92 Å². The summed E-state index contributed by atoms with van der Waals surface area (Å²) >= 11 is 0. The highest BCUT2D eigenvalue weighted by molar-refractivity contribution is 5.84. The number of carbonyl (C=O) groups excluding carboxylic acids is 2. The van der Waals surface area contributed by atoms with E-state index in [1.165, 1.54) is 31.3 Å². The number of aromatic nitrogens is 3. The van der Waals surface area contributed by atoms with Gasteiger partial charge in [-0.15, -0.1) is 0 Å². The zero-order valence-electron chi connectivity index (χ0n) is 32.4. The number of nitrogens with zero attached hydrogens (tertiary/aromatic N) is 3. The fraction of sp³-hybridized carbons (Fsp3) is 0.727. The Morgan fingerprint density at radius 3 is 2.37 bits per heavy atom. The van der Waals surface area contributed by atoms with Gasteiger partial charge in [0.2, 0.25) is 5.91 Å². The van der Waals surface area contributed by atoms with Gasteiger partial charge < -0.3 is 14.6 Å². The molecule has 51 heavy (non-hydrogen) atoms. The topological polar surface area (TPSA) is 88.2 Å². The van der Waals surface area contributed by atoms with Crippen molar-refractivity contribution in [3.05, 3.63) is 48.7 Å². The normalized spacial score (nSPS) is 42.6. The van der Waals surface area contributed by atoms with Gasteiger partial charge in [0, 0.05) is 36.8 Å². The molecule has 1 amide bonds. The van der Waals surface area contributed by atoms with Crippen LogP contribution in [0.3, 0.4) is 0 Å². The second-order valence-electron chi connectivity index (χ2n) is 19.4. The van der Waals surface area contributed by atoms with E-state index in [1.807, 2.05) is 30.7 Å². The molecule has 7 nitrogen and oxygen atoms in total. The number of likely N-dealkylation sites (tertiary alicyclic amines) is 1. The molecule has 276 valence electrons. The molecular weight excluding hydrogens is 633 g/mol. The van der Waals surface area contributed by atoms with Crippen molar-refractivity contribution >= 4 is 11.9 Å². The molecule has 4 unspecified atom stereocenters. The van der Waals surface area contributed by atoms with E-state index in [0.717, 1.165) is 75.0 Å². The van der Waals surface area contributed by atoms with Crippen LogP contribution < -0.4 is 0 Å². The summed E-state index contributed by atoms with van der Waals surface area (Å²) in [5, 5.41) is 0. The van der Waals surface area contributed by atoms with E-state index in [-0.39, 0.29) is 45.2 Å². The van der Waals surface area contributed by atoms with Gasteiger partial charge in [-0.05, 0) is 142 Å². The van der Waals surface area contributed by atoms with E-state index in [2.05, 4.69) is 63.0 Å². The van der Waals surface area contributed by atoms with Crippen LogP contribution in [0.25, 0.3) is 11.3 Å². The Kier molecular flexibility index (Phi) is 8.28. The van der Waals surface area contributed by atoms with Gasteiger partial charge in [0.25, 0.3) is 0 Å². The number of pyridine rings is 1. The Balaban J connectivity index is 1.11. The lowest BCUT2D eigenvalue weighted by Crippen LogP contribution is -2.67. The van der Waals surface area contributed by atoms with Gasteiger partial charge >= 0.3 is 5.97 Å². The minimum atomic E-state index is -0.328. The Hall–Kier alpha value is -2.96. The molecule has 11 atom stereocenters. The standard InChI is InChI=1S/C44H62N4O3/c1-27(2)30-13-20-44(39(50)48-25-9-10-33(48)38-46-26-32(47-38)29-16-23-45-24-17-29)22-21-42(7)31(37(30)44)11-12-35-41(6)18-15-36(51-28(3)49)40(4,5)34(41)14-19-43(35,42)8/h16-17,23-24,26,30-31,33-37H,1,9-15,18-22,25H2,2-8H3,(H,46,47)/t30-,31+,33?,34?,35?,36-,37?,41-,42+,43+,44-/m0/s1. The van der Waals surface area contributed by atoms with Crippen LogP contribution in [-0.4, -0.2) is 44.4 Å². The smallest absolute Gasteiger partial charge is 0.302 e. The molecule has 6 fully saturated rings. The molecule has 8 rings (SSSR count). The van der Waals surface area contributed by atoms with Gasteiger partial charge in [-0.25, -0.2) is 4.98 Å². The van der Waals surface area contributed by atoms with Crippen LogP contribution in [0.15, 0.2) is 42.9 Å². The third-order valence-electron chi connectivity index (χ3n) is 17.2. The summed E-state index contributed by atoms with van der Waals surface area (Å²) in [4.78, 5) is 42.4. The molecule has 1 N–H and O–H groups in total. The monoisotopic (exact) mass is 694 g/mol. The van der Waals surface area contributed by atoms with Crippen molar-refractivity contribution in [1.82, 2.24) is 19.9 Å². The van der Waals surface area contributed by atoms with Crippen molar-refractivity contribution in [3.63, 3.8) is 0 Å². The third kappa shape index (κ3) is 4.94. The van der Waals surface area contributed by atoms with Gasteiger partial charge in [-0.2, -0.15) is 0 Å². The van der Waals surface area contributed by atoms with Gasteiger partial charge in [0.05, 0.1) is 23.3 Å². The number of imidazole rings is 1. The minimum absolute atomic E-state index is 0.00158. The first-order chi connectivity index (χ1) is 24.2. The van der Waals surface area contributed by atoms with Crippen LogP contribution in [0.4, 0.5) is 0 Å². The average Bonchev–Trinajstić information content (AvgIpc) is 3.85. The molecule has 0 radical (unpaired) electrons. The largest absolute Gasteiger partial charge is 0.462 e. The quantitative estimate of drug-likeness (QED) is 0.249. The number of nitrogens with one attached hydrogen (secondary N) is 1. The van der Waals surface area contributed by atoms with Crippen molar-refractivity contribution in [3.8, 4) is 11.3 Å². The van der Waals surface area contributed by atoms with Crippen molar-refractivity contribution < 1.29 is 14.3 Å². The van der Waals surface area contributed by atoms with E-state index < -0.39 is 0 Å². The first-order valence-electron chi connectivity index (χ1n) is 20.3. The van der Waals surface area contributed by atoms with E-state index in [9.17, 15) is 4.79 Å². The van der Waals surface area contributed by atoms with E-state index in [4.69, 9.17) is 9.72 Å². The van der Waals surface area contributed by atoms with E-state index in [0.29, 0.717) is 35.5 Å². The van der Waals surface area contributed by atoms with Crippen LogP contribution in [0.5, 0.6) is 0 Å². The van der Waals surface area contributed by atoms with Crippen molar-refractivity contribution in [2.45, 2.75) is 138 Å². The maximum absolute atomic E-state index is 15.4.